The number of hydrogen-bond donors (Lipinski definition) is 2. The number of aliphatic hydroxyl groups excluding tert-OH is 1. The van der Waals surface area contributed by atoms with Gasteiger partial charge in [-0.2, -0.15) is 18.3 Å². The molecule has 2 aliphatic heterocycles. The Bertz CT molecular complexity index is 1240. The molecule has 0 amide bonds. The maximum Gasteiger partial charge on any atom is 0.435 e. The molecule has 4 heterocycles. The molecular weight excluding hydrogens is 485 g/mol. The van der Waals surface area contributed by atoms with Crippen molar-refractivity contribution in [2.24, 2.45) is 7.05 Å². The molecule has 0 saturated carbocycles. The van der Waals surface area contributed by atoms with Crippen molar-refractivity contribution < 1.29 is 23.0 Å². The molecule has 2 N–H and O–H groups in total. The van der Waals surface area contributed by atoms with E-state index in [1.807, 2.05) is 19.1 Å². The van der Waals surface area contributed by atoms with Gasteiger partial charge in [0.2, 0.25) is 5.95 Å². The van der Waals surface area contributed by atoms with E-state index >= 15 is 0 Å². The first-order valence-corrected chi connectivity index (χ1v) is 11.8. The molecule has 12 heteroatoms. The number of aliphatic hydroxyl groups is 1. The minimum atomic E-state index is -4.54. The minimum Gasteiger partial charge on any atom is -0.389 e. The molecule has 2 fully saturated rings. The van der Waals surface area contributed by atoms with Crippen LogP contribution in [0.2, 0.25) is 5.02 Å². The standard InChI is InChI=1S/C23H26ClF3N6O2/c1-22(12-35-11-19(22)34)33-5-3-13(4-6-33)15-8-17-14(7-16(15)24)10-28-21(29-17)30-20-9-18(23(25,26)27)31-32(20)2/h7-10,13,19,34H,3-6,11-12H2,1-2H3,(H,28,29,30)/t19-,22+/m0/s1. The summed E-state index contributed by atoms with van der Waals surface area (Å²) >= 11 is 6.62. The van der Waals surface area contributed by atoms with Crippen molar-refractivity contribution >= 4 is 34.3 Å². The van der Waals surface area contributed by atoms with Gasteiger partial charge in [-0.05, 0) is 56.5 Å². The number of aromatic nitrogens is 4. The third kappa shape index (κ3) is 4.57. The zero-order valence-electron chi connectivity index (χ0n) is 19.3. The van der Waals surface area contributed by atoms with E-state index in [1.165, 1.54) is 7.05 Å². The van der Waals surface area contributed by atoms with Crippen molar-refractivity contribution in [1.82, 2.24) is 24.6 Å². The molecule has 0 bridgehead atoms. The largest absolute Gasteiger partial charge is 0.435 e. The molecule has 3 aromatic rings. The highest BCUT2D eigenvalue weighted by Crippen LogP contribution is 2.38. The van der Waals surface area contributed by atoms with E-state index in [9.17, 15) is 18.3 Å². The van der Waals surface area contributed by atoms with Crippen LogP contribution in [0, 0.1) is 0 Å². The number of halogens is 4. The molecule has 2 aliphatic rings. The van der Waals surface area contributed by atoms with E-state index in [-0.39, 0.29) is 23.2 Å². The predicted octanol–water partition coefficient (Wildman–Crippen LogP) is 4.11. The summed E-state index contributed by atoms with van der Waals surface area (Å²) in [6, 6.07) is 4.68. The highest BCUT2D eigenvalue weighted by atomic mass is 35.5. The first-order valence-electron chi connectivity index (χ1n) is 11.4. The van der Waals surface area contributed by atoms with E-state index < -0.39 is 18.0 Å². The average molecular weight is 511 g/mol. The molecule has 8 nitrogen and oxygen atoms in total. The summed E-state index contributed by atoms with van der Waals surface area (Å²) in [5.41, 5.74) is 0.268. The van der Waals surface area contributed by atoms with Gasteiger partial charge in [0.1, 0.15) is 5.82 Å². The Morgan fingerprint density at radius 2 is 1.97 bits per heavy atom. The number of hydrogen-bond acceptors (Lipinski definition) is 7. The van der Waals surface area contributed by atoms with Gasteiger partial charge in [-0.25, -0.2) is 9.97 Å². The summed E-state index contributed by atoms with van der Waals surface area (Å²) in [4.78, 5) is 11.0. The van der Waals surface area contributed by atoms with Crippen LogP contribution in [0.3, 0.4) is 0 Å². The number of piperidine rings is 1. The van der Waals surface area contributed by atoms with Gasteiger partial charge in [-0.15, -0.1) is 0 Å². The third-order valence-electron chi connectivity index (χ3n) is 7.15. The maximum absolute atomic E-state index is 13.0. The van der Waals surface area contributed by atoms with Crippen LogP contribution in [0.15, 0.2) is 24.4 Å². The predicted molar refractivity (Wildman–Crippen MR) is 125 cm³/mol. The van der Waals surface area contributed by atoms with Crippen molar-refractivity contribution in [2.75, 3.05) is 31.6 Å². The SMILES string of the molecule is Cn1nc(C(F)(F)F)cc1Nc1ncc2cc(Cl)c(C3CCN([C@]4(C)COC[C@@H]4O)CC3)cc2n1. The summed E-state index contributed by atoms with van der Waals surface area (Å²) in [7, 11) is 1.42. The lowest BCUT2D eigenvalue weighted by Gasteiger charge is -2.43. The first-order chi connectivity index (χ1) is 16.5. The Balaban J connectivity index is 1.35. The molecule has 2 saturated heterocycles. The fraction of sp³-hybridized carbons (Fsp3) is 0.522. The molecule has 0 aliphatic carbocycles. The zero-order chi connectivity index (χ0) is 25.0. The number of alkyl halides is 3. The van der Waals surface area contributed by atoms with E-state index in [0.717, 1.165) is 47.6 Å². The van der Waals surface area contributed by atoms with Gasteiger partial charge in [0.15, 0.2) is 5.69 Å². The average Bonchev–Trinajstić information content (AvgIpc) is 3.36. The van der Waals surface area contributed by atoms with Gasteiger partial charge in [-0.3, -0.25) is 9.58 Å². The molecule has 5 rings (SSSR count). The van der Waals surface area contributed by atoms with Gasteiger partial charge < -0.3 is 15.2 Å². The van der Waals surface area contributed by atoms with Crippen molar-refractivity contribution in [3.8, 4) is 0 Å². The lowest BCUT2D eigenvalue weighted by atomic mass is 9.85. The lowest BCUT2D eigenvalue weighted by molar-refractivity contribution is -0.141. The zero-order valence-corrected chi connectivity index (χ0v) is 20.1. The molecular formula is C23H26ClF3N6O2. The topological polar surface area (TPSA) is 88.3 Å². The smallest absolute Gasteiger partial charge is 0.389 e. The maximum atomic E-state index is 13.0. The van der Waals surface area contributed by atoms with Crippen molar-refractivity contribution in [1.29, 1.82) is 0 Å². The Labute approximate surface area is 205 Å². The van der Waals surface area contributed by atoms with Crippen molar-refractivity contribution in [3.63, 3.8) is 0 Å². The van der Waals surface area contributed by atoms with Crippen LogP contribution in [0.5, 0.6) is 0 Å². The highest BCUT2D eigenvalue weighted by molar-refractivity contribution is 6.32. The number of fused-ring (bicyclic) bond motifs is 1. The molecule has 35 heavy (non-hydrogen) atoms. The molecule has 0 spiro atoms. The second-order valence-corrected chi connectivity index (χ2v) is 9.84. The van der Waals surface area contributed by atoms with E-state index in [2.05, 4.69) is 25.3 Å². The number of anilines is 2. The van der Waals surface area contributed by atoms with E-state index in [0.29, 0.717) is 23.8 Å². The van der Waals surface area contributed by atoms with Crippen LogP contribution >= 0.6 is 11.6 Å². The second kappa shape index (κ2) is 8.88. The van der Waals surface area contributed by atoms with Crippen LogP contribution in [-0.4, -0.2) is 67.7 Å². The molecule has 1 aromatic carbocycles. The molecule has 0 radical (unpaired) electrons. The fourth-order valence-corrected chi connectivity index (χ4v) is 5.26. The second-order valence-electron chi connectivity index (χ2n) is 9.44. The van der Waals surface area contributed by atoms with Crippen LogP contribution in [0.4, 0.5) is 24.9 Å². The number of rotatable bonds is 4. The Morgan fingerprint density at radius 1 is 1.23 bits per heavy atom. The van der Waals surface area contributed by atoms with Gasteiger partial charge in [0, 0.05) is 29.7 Å². The summed E-state index contributed by atoms with van der Waals surface area (Å²) in [5, 5.41) is 18.1. The first kappa shape index (κ1) is 24.2. The van der Waals surface area contributed by atoms with Crippen LogP contribution in [0.1, 0.15) is 36.9 Å². The van der Waals surface area contributed by atoms with Crippen LogP contribution in [-0.2, 0) is 18.0 Å². The van der Waals surface area contributed by atoms with E-state index in [1.54, 1.807) is 6.20 Å². The minimum absolute atomic E-state index is 0.129. The number of nitrogens with zero attached hydrogens (tertiary/aromatic N) is 5. The van der Waals surface area contributed by atoms with Crippen molar-refractivity contribution in [3.05, 3.63) is 40.7 Å². The summed E-state index contributed by atoms with van der Waals surface area (Å²) in [6.07, 6.45) is -1.70. The third-order valence-corrected chi connectivity index (χ3v) is 7.48. The number of likely N-dealkylation sites (tertiary alicyclic amines) is 1. The summed E-state index contributed by atoms with van der Waals surface area (Å²) < 4.78 is 45.5. The number of ether oxygens (including phenoxy) is 1. The van der Waals surface area contributed by atoms with Gasteiger partial charge in [0.05, 0.1) is 30.4 Å². The van der Waals surface area contributed by atoms with E-state index in [4.69, 9.17) is 16.3 Å². The number of nitrogens with one attached hydrogen (secondary N) is 1. The molecule has 0 unspecified atom stereocenters. The number of benzene rings is 1. The quantitative estimate of drug-likeness (QED) is 0.546. The monoisotopic (exact) mass is 510 g/mol. The van der Waals surface area contributed by atoms with Gasteiger partial charge >= 0.3 is 6.18 Å². The molecule has 2 atom stereocenters. The molecule has 2 aromatic heterocycles. The Hall–Kier alpha value is -2.47. The van der Waals surface area contributed by atoms with Gasteiger partial charge in [0.25, 0.3) is 0 Å². The lowest BCUT2D eigenvalue weighted by Crippen LogP contribution is -2.56. The number of aryl methyl sites for hydroxylation is 1. The normalized spacial score (nSPS) is 24.4. The highest BCUT2D eigenvalue weighted by Gasteiger charge is 2.45. The Morgan fingerprint density at radius 3 is 2.60 bits per heavy atom. The van der Waals surface area contributed by atoms with Crippen LogP contribution < -0.4 is 5.32 Å². The fourth-order valence-electron chi connectivity index (χ4n) is 4.93. The molecule has 188 valence electrons. The van der Waals surface area contributed by atoms with Gasteiger partial charge in [-0.1, -0.05) is 11.6 Å². The summed E-state index contributed by atoms with van der Waals surface area (Å²) in [6.45, 7) is 4.55. The van der Waals surface area contributed by atoms with Crippen molar-refractivity contribution in [2.45, 2.75) is 43.5 Å². The summed E-state index contributed by atoms with van der Waals surface area (Å²) in [5.74, 6) is 0.522. The Kier molecular flexibility index (Phi) is 6.15. The van der Waals surface area contributed by atoms with Crippen LogP contribution in [0.25, 0.3) is 10.9 Å².